The molecule has 132 valence electrons. The summed E-state index contributed by atoms with van der Waals surface area (Å²) in [5.41, 5.74) is 0.586. The normalized spacial score (nSPS) is 23.0. The lowest BCUT2D eigenvalue weighted by atomic mass is 9.85. The van der Waals surface area contributed by atoms with Gasteiger partial charge in [-0.05, 0) is 45.7 Å². The number of hydrogen-bond donors (Lipinski definition) is 1. The molecule has 3 heterocycles. The summed E-state index contributed by atoms with van der Waals surface area (Å²) in [7, 11) is 2.03. The van der Waals surface area contributed by atoms with E-state index in [1.807, 2.05) is 32.0 Å². The number of amides is 2. The third-order valence-corrected chi connectivity index (χ3v) is 5.50. The van der Waals surface area contributed by atoms with Crippen molar-refractivity contribution in [2.45, 2.75) is 44.7 Å². The zero-order valence-corrected chi connectivity index (χ0v) is 14.8. The number of carbonyl (C=O) groups excluding carboxylic acids is 2. The van der Waals surface area contributed by atoms with E-state index in [9.17, 15) is 9.59 Å². The van der Waals surface area contributed by atoms with Crippen LogP contribution in [0.1, 0.15) is 37.8 Å². The fraction of sp³-hybridized carbons (Fsp3) is 0.706. The predicted molar refractivity (Wildman–Crippen MR) is 90.5 cm³/mol. The number of aromatic nitrogens is 2. The summed E-state index contributed by atoms with van der Waals surface area (Å²) in [6.45, 7) is 6.72. The number of nitrogens with one attached hydrogen (secondary N) is 1. The lowest BCUT2D eigenvalue weighted by Gasteiger charge is -2.45. The molecule has 1 aromatic heterocycles. The Morgan fingerprint density at radius 2 is 2.04 bits per heavy atom. The van der Waals surface area contributed by atoms with Gasteiger partial charge in [0.05, 0.1) is 6.20 Å². The van der Waals surface area contributed by atoms with Crippen LogP contribution >= 0.6 is 0 Å². The molecule has 1 atom stereocenters. The first-order valence-corrected chi connectivity index (χ1v) is 8.73. The van der Waals surface area contributed by atoms with Crippen LogP contribution in [0.25, 0.3) is 0 Å². The van der Waals surface area contributed by atoms with E-state index in [-0.39, 0.29) is 17.9 Å². The highest BCUT2D eigenvalue weighted by atomic mass is 16.2. The third kappa shape index (κ3) is 2.92. The number of nitrogens with zero attached hydrogens (tertiary/aromatic N) is 4. The number of likely N-dealkylation sites (N-methyl/N-ethyl adjacent to an activating group) is 1. The second kappa shape index (κ2) is 6.55. The molecule has 0 bridgehead atoms. The minimum atomic E-state index is -0.460. The Hall–Kier alpha value is -1.89. The summed E-state index contributed by atoms with van der Waals surface area (Å²) in [5.74, 6) is 0.190. The number of carbonyl (C=O) groups is 2. The van der Waals surface area contributed by atoms with Crippen LogP contribution < -0.4 is 5.32 Å². The van der Waals surface area contributed by atoms with E-state index in [2.05, 4.69) is 15.3 Å². The van der Waals surface area contributed by atoms with Gasteiger partial charge in [0.15, 0.2) is 0 Å². The average molecular weight is 333 g/mol. The maximum absolute atomic E-state index is 12.8. The molecule has 0 aromatic carbocycles. The summed E-state index contributed by atoms with van der Waals surface area (Å²) in [6.07, 6.45) is 6.00. The average Bonchev–Trinajstić information content (AvgIpc) is 2.98. The Labute approximate surface area is 143 Å². The topological polar surface area (TPSA) is 70.5 Å². The Kier molecular flexibility index (Phi) is 4.62. The fourth-order valence-electron chi connectivity index (χ4n) is 3.80. The van der Waals surface area contributed by atoms with Crippen LogP contribution in [0, 0.1) is 6.92 Å². The van der Waals surface area contributed by atoms with Crippen molar-refractivity contribution in [3.8, 4) is 0 Å². The maximum atomic E-state index is 12.8. The molecule has 0 saturated carbocycles. The molecule has 1 N–H and O–H groups in total. The van der Waals surface area contributed by atoms with E-state index in [4.69, 9.17) is 0 Å². The first-order chi connectivity index (χ1) is 11.4. The van der Waals surface area contributed by atoms with E-state index < -0.39 is 5.54 Å². The second-order valence-electron chi connectivity index (χ2n) is 7.06. The van der Waals surface area contributed by atoms with Gasteiger partial charge in [0, 0.05) is 32.4 Å². The van der Waals surface area contributed by atoms with Gasteiger partial charge in [0.2, 0.25) is 11.8 Å². The summed E-state index contributed by atoms with van der Waals surface area (Å²) >= 11 is 0. The van der Waals surface area contributed by atoms with E-state index in [0.29, 0.717) is 25.9 Å². The summed E-state index contributed by atoms with van der Waals surface area (Å²) in [6, 6.07) is -0.312. The van der Waals surface area contributed by atoms with Gasteiger partial charge >= 0.3 is 0 Å². The molecule has 1 spiro atoms. The molecule has 0 radical (unpaired) electrons. The number of aryl methyl sites for hydroxylation is 1. The molecular formula is C17H27N5O2. The number of rotatable bonds is 2. The zero-order chi connectivity index (χ0) is 17.3. The predicted octanol–water partition coefficient (Wildman–Crippen LogP) is 0.565. The smallest absolute Gasteiger partial charge is 0.247 e. The Balaban J connectivity index is 1.67. The molecule has 7 nitrogen and oxygen atoms in total. The lowest BCUT2D eigenvalue weighted by Crippen LogP contribution is -2.61. The van der Waals surface area contributed by atoms with Crippen LogP contribution in [-0.4, -0.2) is 70.2 Å². The van der Waals surface area contributed by atoms with Crippen molar-refractivity contribution < 1.29 is 9.59 Å². The van der Waals surface area contributed by atoms with Crippen molar-refractivity contribution in [2.24, 2.45) is 0 Å². The Bertz CT molecular complexity index is 618. The van der Waals surface area contributed by atoms with Crippen LogP contribution in [0.15, 0.2) is 12.4 Å². The van der Waals surface area contributed by atoms with Crippen LogP contribution in [0.5, 0.6) is 0 Å². The van der Waals surface area contributed by atoms with E-state index >= 15 is 0 Å². The van der Waals surface area contributed by atoms with Gasteiger partial charge in [0.25, 0.3) is 0 Å². The molecule has 3 rings (SSSR count). The third-order valence-electron chi connectivity index (χ3n) is 5.50. The van der Waals surface area contributed by atoms with Crippen molar-refractivity contribution in [3.63, 3.8) is 0 Å². The quantitative estimate of drug-likeness (QED) is 0.859. The Morgan fingerprint density at radius 3 is 2.67 bits per heavy atom. The second-order valence-corrected chi connectivity index (χ2v) is 7.06. The SMILES string of the molecule is Cc1cnn(C(C)C(=O)N2CCC3(CC2)C(=O)NCCCN3C)c1. The summed E-state index contributed by atoms with van der Waals surface area (Å²) < 4.78 is 1.71. The van der Waals surface area contributed by atoms with Crippen molar-refractivity contribution in [1.82, 2.24) is 24.9 Å². The van der Waals surface area contributed by atoms with Gasteiger partial charge in [-0.1, -0.05) is 0 Å². The summed E-state index contributed by atoms with van der Waals surface area (Å²) in [4.78, 5) is 29.4. The molecule has 2 saturated heterocycles. The van der Waals surface area contributed by atoms with Crippen molar-refractivity contribution in [2.75, 3.05) is 33.2 Å². The molecule has 2 amide bonds. The minimum Gasteiger partial charge on any atom is -0.354 e. The highest BCUT2D eigenvalue weighted by Gasteiger charge is 2.46. The lowest BCUT2D eigenvalue weighted by molar-refractivity contribution is -0.143. The van der Waals surface area contributed by atoms with Crippen LogP contribution in [0.3, 0.4) is 0 Å². The minimum absolute atomic E-state index is 0.0737. The molecular weight excluding hydrogens is 306 g/mol. The van der Waals surface area contributed by atoms with Gasteiger partial charge in [-0.2, -0.15) is 5.10 Å². The highest BCUT2D eigenvalue weighted by molar-refractivity contribution is 5.87. The maximum Gasteiger partial charge on any atom is 0.247 e. The first-order valence-electron chi connectivity index (χ1n) is 8.73. The van der Waals surface area contributed by atoms with Crippen molar-refractivity contribution >= 4 is 11.8 Å². The number of piperidine rings is 1. The number of hydrogen-bond acceptors (Lipinski definition) is 4. The molecule has 1 unspecified atom stereocenters. The van der Waals surface area contributed by atoms with Crippen LogP contribution in [0.2, 0.25) is 0 Å². The number of likely N-dealkylation sites (tertiary alicyclic amines) is 1. The molecule has 1 aromatic rings. The largest absolute Gasteiger partial charge is 0.354 e. The summed E-state index contributed by atoms with van der Waals surface area (Å²) in [5, 5.41) is 7.28. The van der Waals surface area contributed by atoms with Crippen LogP contribution in [0.4, 0.5) is 0 Å². The van der Waals surface area contributed by atoms with Gasteiger partial charge in [0.1, 0.15) is 11.6 Å². The fourth-order valence-corrected chi connectivity index (χ4v) is 3.80. The molecule has 2 fully saturated rings. The zero-order valence-electron chi connectivity index (χ0n) is 14.8. The van der Waals surface area contributed by atoms with Gasteiger partial charge in [-0.25, -0.2) is 0 Å². The van der Waals surface area contributed by atoms with E-state index in [0.717, 1.165) is 25.1 Å². The molecule has 2 aliphatic heterocycles. The molecule has 2 aliphatic rings. The first kappa shape index (κ1) is 17.0. The van der Waals surface area contributed by atoms with Crippen LogP contribution in [-0.2, 0) is 9.59 Å². The monoisotopic (exact) mass is 333 g/mol. The Morgan fingerprint density at radius 1 is 1.33 bits per heavy atom. The molecule has 0 aliphatic carbocycles. The van der Waals surface area contributed by atoms with Gasteiger partial charge in [-0.3, -0.25) is 19.2 Å². The standard InChI is InChI=1S/C17H27N5O2/c1-13-11-19-22(12-13)14(2)15(23)21-9-5-17(6-10-21)16(24)18-7-4-8-20(17)3/h11-12,14H,4-10H2,1-3H3,(H,18,24). The molecule has 24 heavy (non-hydrogen) atoms. The van der Waals surface area contributed by atoms with Gasteiger partial charge in [-0.15, -0.1) is 0 Å². The van der Waals surface area contributed by atoms with E-state index in [1.54, 1.807) is 10.9 Å². The van der Waals surface area contributed by atoms with E-state index in [1.165, 1.54) is 0 Å². The van der Waals surface area contributed by atoms with Crippen molar-refractivity contribution in [1.29, 1.82) is 0 Å². The molecule has 7 heteroatoms. The van der Waals surface area contributed by atoms with Gasteiger partial charge < -0.3 is 10.2 Å². The van der Waals surface area contributed by atoms with Crippen molar-refractivity contribution in [3.05, 3.63) is 18.0 Å². The highest BCUT2D eigenvalue weighted by Crippen LogP contribution is 2.30.